The zero-order valence-electron chi connectivity index (χ0n) is 16.0. The first-order valence-corrected chi connectivity index (χ1v) is 9.24. The van der Waals surface area contributed by atoms with Gasteiger partial charge in [0.15, 0.2) is 5.78 Å². The average Bonchev–Trinajstić information content (AvgIpc) is 3.17. The van der Waals surface area contributed by atoms with Crippen LogP contribution in [0.1, 0.15) is 35.8 Å². The molecular formula is C21H19N5O3. The summed E-state index contributed by atoms with van der Waals surface area (Å²) < 4.78 is 1.88. The second kappa shape index (κ2) is 7.31. The van der Waals surface area contributed by atoms with E-state index in [1.165, 1.54) is 0 Å². The normalized spacial score (nSPS) is 11.1. The van der Waals surface area contributed by atoms with Crippen molar-refractivity contribution < 1.29 is 14.7 Å². The lowest BCUT2D eigenvalue weighted by Crippen LogP contribution is -2.08. The largest absolute Gasteiger partial charge is 0.465 e. The van der Waals surface area contributed by atoms with E-state index in [0.717, 1.165) is 34.0 Å². The van der Waals surface area contributed by atoms with Crippen LogP contribution in [0.2, 0.25) is 0 Å². The fourth-order valence-electron chi connectivity index (χ4n) is 3.41. The van der Waals surface area contributed by atoms with Crippen LogP contribution in [0.3, 0.4) is 0 Å². The molecule has 0 unspecified atom stereocenters. The molecule has 0 spiro atoms. The second-order valence-corrected chi connectivity index (χ2v) is 6.80. The number of imidazole rings is 1. The summed E-state index contributed by atoms with van der Waals surface area (Å²) in [6.45, 7) is 3.91. The molecule has 0 bridgehead atoms. The van der Waals surface area contributed by atoms with Crippen molar-refractivity contribution in [1.29, 1.82) is 0 Å². The second-order valence-electron chi connectivity index (χ2n) is 6.80. The molecule has 8 heteroatoms. The van der Waals surface area contributed by atoms with Gasteiger partial charge in [0, 0.05) is 53.8 Å². The Balaban J connectivity index is 1.87. The van der Waals surface area contributed by atoms with Crippen molar-refractivity contribution in [3.63, 3.8) is 0 Å². The average molecular weight is 389 g/mol. The van der Waals surface area contributed by atoms with E-state index in [-0.39, 0.29) is 11.6 Å². The summed E-state index contributed by atoms with van der Waals surface area (Å²) in [5, 5.41) is 12.0. The molecule has 0 saturated carbocycles. The fraction of sp³-hybridized carbons (Fsp3) is 0.190. The van der Waals surface area contributed by atoms with Gasteiger partial charge in [0.25, 0.3) is 0 Å². The number of aryl methyl sites for hydroxylation is 1. The molecule has 0 atom stereocenters. The van der Waals surface area contributed by atoms with E-state index < -0.39 is 6.09 Å². The first-order chi connectivity index (χ1) is 14.0. The highest BCUT2D eigenvalue weighted by Crippen LogP contribution is 2.31. The standard InChI is InChI=1S/C21H19N5O3/c1-3-4-18(27)16-7-12(2)15(11-23-16)14-8-13-10-24-19(25-21(28)29)9-17(13)26-6-5-22-20(14)26/h5-11H,3-4H2,1-2H3,(H,24,25)(H,28,29). The number of hydrogen-bond acceptors (Lipinski definition) is 5. The Morgan fingerprint density at radius 1 is 1.10 bits per heavy atom. The number of amides is 1. The molecule has 4 aromatic heterocycles. The number of pyridine rings is 3. The third-order valence-corrected chi connectivity index (χ3v) is 4.75. The van der Waals surface area contributed by atoms with E-state index in [2.05, 4.69) is 20.3 Å². The quantitative estimate of drug-likeness (QED) is 0.492. The van der Waals surface area contributed by atoms with Crippen LogP contribution in [0.15, 0.2) is 43.0 Å². The highest BCUT2D eigenvalue weighted by atomic mass is 16.4. The van der Waals surface area contributed by atoms with Crippen molar-refractivity contribution in [3.05, 3.63) is 54.2 Å². The molecule has 0 aliphatic heterocycles. The van der Waals surface area contributed by atoms with Gasteiger partial charge in [0.2, 0.25) is 0 Å². The van der Waals surface area contributed by atoms with Crippen molar-refractivity contribution in [2.45, 2.75) is 26.7 Å². The number of rotatable bonds is 5. The minimum absolute atomic E-state index is 0.0364. The van der Waals surface area contributed by atoms with Crippen LogP contribution >= 0.6 is 0 Å². The molecule has 0 aliphatic rings. The zero-order valence-corrected chi connectivity index (χ0v) is 16.0. The number of anilines is 1. The Bertz CT molecular complexity index is 1260. The van der Waals surface area contributed by atoms with Crippen LogP contribution in [-0.4, -0.2) is 36.3 Å². The van der Waals surface area contributed by atoms with Gasteiger partial charge in [-0.15, -0.1) is 0 Å². The van der Waals surface area contributed by atoms with E-state index in [0.29, 0.717) is 17.8 Å². The molecule has 0 saturated heterocycles. The van der Waals surface area contributed by atoms with Gasteiger partial charge in [-0.25, -0.2) is 14.8 Å². The molecule has 0 aromatic carbocycles. The first kappa shape index (κ1) is 18.5. The number of carbonyl (C=O) groups is 2. The number of fused-ring (bicyclic) bond motifs is 3. The molecule has 0 aliphatic carbocycles. The lowest BCUT2D eigenvalue weighted by molar-refractivity contribution is 0.0977. The number of carbonyl (C=O) groups excluding carboxylic acids is 1. The predicted octanol–water partition coefficient (Wildman–Crippen LogP) is 4.33. The Hall–Kier alpha value is -3.81. The zero-order chi connectivity index (χ0) is 20.5. The van der Waals surface area contributed by atoms with Gasteiger partial charge >= 0.3 is 6.09 Å². The van der Waals surface area contributed by atoms with Crippen LogP contribution in [-0.2, 0) is 0 Å². The summed E-state index contributed by atoms with van der Waals surface area (Å²) >= 11 is 0. The lowest BCUT2D eigenvalue weighted by Gasteiger charge is -2.12. The lowest BCUT2D eigenvalue weighted by atomic mass is 10.0. The molecule has 4 rings (SSSR count). The van der Waals surface area contributed by atoms with Crippen molar-refractivity contribution in [2.75, 3.05) is 5.32 Å². The summed E-state index contributed by atoms with van der Waals surface area (Å²) in [5.74, 6) is 0.277. The summed E-state index contributed by atoms with van der Waals surface area (Å²) in [7, 11) is 0. The third-order valence-electron chi connectivity index (χ3n) is 4.75. The SMILES string of the molecule is CCCC(=O)c1cc(C)c(-c2cc3cnc(NC(=O)O)cc3n3ccnc23)cn1. The Morgan fingerprint density at radius 2 is 1.93 bits per heavy atom. The monoisotopic (exact) mass is 389 g/mol. The number of carboxylic acid groups (broad SMARTS) is 1. The van der Waals surface area contributed by atoms with Crippen LogP contribution < -0.4 is 5.32 Å². The van der Waals surface area contributed by atoms with Crippen molar-refractivity contribution >= 4 is 34.2 Å². The summed E-state index contributed by atoms with van der Waals surface area (Å²) in [4.78, 5) is 36.1. The molecule has 0 fully saturated rings. The number of aromatic nitrogens is 4. The molecule has 4 heterocycles. The van der Waals surface area contributed by atoms with Gasteiger partial charge in [-0.2, -0.15) is 0 Å². The molecule has 2 N–H and O–H groups in total. The third kappa shape index (κ3) is 3.40. The summed E-state index contributed by atoms with van der Waals surface area (Å²) in [5.41, 5.74) is 4.63. The van der Waals surface area contributed by atoms with Gasteiger partial charge in [-0.1, -0.05) is 6.92 Å². The summed E-state index contributed by atoms with van der Waals surface area (Å²) in [6.07, 6.45) is 6.91. The molecule has 4 aromatic rings. The highest BCUT2D eigenvalue weighted by molar-refractivity contribution is 5.96. The maximum absolute atomic E-state index is 12.2. The number of hydrogen-bond donors (Lipinski definition) is 2. The van der Waals surface area contributed by atoms with Gasteiger partial charge in [-0.3, -0.25) is 19.5 Å². The van der Waals surface area contributed by atoms with Gasteiger partial charge < -0.3 is 5.11 Å². The van der Waals surface area contributed by atoms with Crippen molar-refractivity contribution in [3.8, 4) is 11.1 Å². The van der Waals surface area contributed by atoms with E-state index >= 15 is 0 Å². The number of nitrogens with zero attached hydrogens (tertiary/aromatic N) is 4. The van der Waals surface area contributed by atoms with Crippen molar-refractivity contribution in [2.24, 2.45) is 0 Å². The molecule has 29 heavy (non-hydrogen) atoms. The Labute approximate surface area is 166 Å². The van der Waals surface area contributed by atoms with E-state index in [1.807, 2.05) is 36.6 Å². The summed E-state index contributed by atoms with van der Waals surface area (Å²) in [6, 6.07) is 5.43. The van der Waals surface area contributed by atoms with Crippen LogP contribution in [0, 0.1) is 6.92 Å². The minimum Gasteiger partial charge on any atom is -0.465 e. The van der Waals surface area contributed by atoms with E-state index in [9.17, 15) is 9.59 Å². The van der Waals surface area contributed by atoms with E-state index in [1.54, 1.807) is 24.7 Å². The fourth-order valence-corrected chi connectivity index (χ4v) is 3.41. The van der Waals surface area contributed by atoms with E-state index in [4.69, 9.17) is 5.11 Å². The highest BCUT2D eigenvalue weighted by Gasteiger charge is 2.15. The Kier molecular flexibility index (Phi) is 4.67. The maximum atomic E-state index is 12.2. The minimum atomic E-state index is -1.17. The van der Waals surface area contributed by atoms with Crippen LogP contribution in [0.5, 0.6) is 0 Å². The molecule has 146 valence electrons. The predicted molar refractivity (Wildman–Crippen MR) is 109 cm³/mol. The van der Waals surface area contributed by atoms with Gasteiger partial charge in [0.1, 0.15) is 17.2 Å². The van der Waals surface area contributed by atoms with Crippen molar-refractivity contribution in [1.82, 2.24) is 19.4 Å². The number of ketones is 1. The molecule has 1 amide bonds. The topological polar surface area (TPSA) is 109 Å². The molecule has 8 nitrogen and oxygen atoms in total. The number of Topliss-reactive ketones (excluding diaryl/α,β-unsaturated/α-hetero) is 1. The first-order valence-electron chi connectivity index (χ1n) is 9.24. The molecule has 0 radical (unpaired) electrons. The number of nitrogens with one attached hydrogen (secondary N) is 1. The van der Waals surface area contributed by atoms with Crippen LogP contribution in [0.4, 0.5) is 10.6 Å². The maximum Gasteiger partial charge on any atom is 0.410 e. The molecular weight excluding hydrogens is 370 g/mol. The van der Waals surface area contributed by atoms with Gasteiger partial charge in [-0.05, 0) is 31.0 Å². The smallest absolute Gasteiger partial charge is 0.410 e. The Morgan fingerprint density at radius 3 is 2.66 bits per heavy atom. The van der Waals surface area contributed by atoms with Crippen LogP contribution in [0.25, 0.3) is 27.7 Å². The van der Waals surface area contributed by atoms with Gasteiger partial charge in [0.05, 0.1) is 5.52 Å².